The quantitative estimate of drug-likeness (QED) is 0.443. The van der Waals surface area contributed by atoms with Crippen molar-refractivity contribution in [2.75, 3.05) is 36.9 Å². The zero-order valence-electron chi connectivity index (χ0n) is 17.7. The molecular weight excluding hydrogens is 425 g/mol. The Morgan fingerprint density at radius 3 is 2.29 bits per heavy atom. The van der Waals surface area contributed by atoms with E-state index in [0.717, 1.165) is 23.2 Å². The smallest absolute Gasteiger partial charge is 0.338 e. The van der Waals surface area contributed by atoms with Crippen LogP contribution in [-0.4, -0.2) is 51.8 Å². The fourth-order valence-corrected chi connectivity index (χ4v) is 3.63. The maximum absolute atomic E-state index is 14.2. The highest BCUT2D eigenvalue weighted by Crippen LogP contribution is 2.23. The van der Waals surface area contributed by atoms with Crippen molar-refractivity contribution in [1.82, 2.24) is 4.31 Å². The molecule has 1 amide bonds. The molecule has 0 aliphatic carbocycles. The molecule has 0 saturated carbocycles. The van der Waals surface area contributed by atoms with E-state index < -0.39 is 34.4 Å². The van der Waals surface area contributed by atoms with Crippen molar-refractivity contribution in [1.29, 1.82) is 0 Å². The van der Waals surface area contributed by atoms with Gasteiger partial charge in [0.15, 0.2) is 0 Å². The van der Waals surface area contributed by atoms with Gasteiger partial charge in [0.1, 0.15) is 12.4 Å². The van der Waals surface area contributed by atoms with Gasteiger partial charge in [-0.15, -0.1) is 0 Å². The zero-order valence-corrected chi connectivity index (χ0v) is 18.5. The fraction of sp³-hybridized carbons (Fsp3) is 0.333. The Kier molecular flexibility index (Phi) is 8.52. The Balaban J connectivity index is 2.13. The molecule has 2 aromatic rings. The first-order chi connectivity index (χ1) is 14.7. The van der Waals surface area contributed by atoms with Crippen molar-refractivity contribution in [2.24, 2.45) is 0 Å². The van der Waals surface area contributed by atoms with Crippen molar-refractivity contribution in [3.63, 3.8) is 0 Å². The first kappa shape index (κ1) is 24.3. The molecule has 2 aromatic carbocycles. The third-order valence-corrected chi connectivity index (χ3v) is 6.09. The van der Waals surface area contributed by atoms with E-state index in [0.29, 0.717) is 22.2 Å². The van der Waals surface area contributed by atoms with Crippen LogP contribution in [0.15, 0.2) is 48.5 Å². The molecule has 8 nitrogen and oxygen atoms in total. The standard InChI is InChI=1S/C21H26FN3O5S/c1-4-5-14-30-21(27)16-10-12-17(13-11-16)23-20(26)15-25(31(28,29)24(2)3)19-9-7-6-8-18(19)22/h6-13H,4-5,14-15H2,1-3H3,(H,23,26). The average molecular weight is 452 g/mol. The average Bonchev–Trinajstić information content (AvgIpc) is 2.73. The fourth-order valence-electron chi connectivity index (χ4n) is 2.56. The second-order valence-electron chi connectivity index (χ2n) is 6.86. The molecule has 0 unspecified atom stereocenters. The molecule has 0 atom stereocenters. The van der Waals surface area contributed by atoms with Crippen LogP contribution in [0.4, 0.5) is 15.8 Å². The van der Waals surface area contributed by atoms with Gasteiger partial charge in [0, 0.05) is 19.8 Å². The highest BCUT2D eigenvalue weighted by atomic mass is 32.2. The predicted octanol–water partition coefficient (Wildman–Crippen LogP) is 3.03. The number of halogens is 1. The Bertz CT molecular complexity index is 1010. The lowest BCUT2D eigenvalue weighted by Crippen LogP contribution is -2.44. The summed E-state index contributed by atoms with van der Waals surface area (Å²) in [5.41, 5.74) is 0.444. The number of unbranched alkanes of at least 4 members (excludes halogenated alkanes) is 1. The number of rotatable bonds is 10. The van der Waals surface area contributed by atoms with Gasteiger partial charge in [-0.05, 0) is 42.8 Å². The lowest BCUT2D eigenvalue weighted by Gasteiger charge is -2.27. The Morgan fingerprint density at radius 2 is 1.71 bits per heavy atom. The van der Waals surface area contributed by atoms with Crippen LogP contribution in [0.3, 0.4) is 0 Å². The summed E-state index contributed by atoms with van der Waals surface area (Å²) in [6, 6.07) is 11.3. The molecule has 0 aliphatic heterocycles. The van der Waals surface area contributed by atoms with Gasteiger partial charge in [0.2, 0.25) is 5.91 Å². The molecule has 0 bridgehead atoms. The summed E-state index contributed by atoms with van der Waals surface area (Å²) >= 11 is 0. The maximum Gasteiger partial charge on any atom is 0.338 e. The minimum Gasteiger partial charge on any atom is -0.462 e. The highest BCUT2D eigenvalue weighted by molar-refractivity contribution is 7.90. The van der Waals surface area contributed by atoms with Gasteiger partial charge >= 0.3 is 16.2 Å². The number of hydrogen-bond acceptors (Lipinski definition) is 5. The number of hydrogen-bond donors (Lipinski definition) is 1. The van der Waals surface area contributed by atoms with Crippen LogP contribution in [0.1, 0.15) is 30.1 Å². The molecule has 1 N–H and O–H groups in total. The molecule has 2 rings (SSSR count). The van der Waals surface area contributed by atoms with Crippen molar-refractivity contribution in [3.8, 4) is 0 Å². The number of nitrogens with one attached hydrogen (secondary N) is 1. The highest BCUT2D eigenvalue weighted by Gasteiger charge is 2.29. The van der Waals surface area contributed by atoms with Crippen LogP contribution in [0.2, 0.25) is 0 Å². The lowest BCUT2D eigenvalue weighted by molar-refractivity contribution is -0.114. The normalized spacial score (nSPS) is 11.3. The van der Waals surface area contributed by atoms with Crippen molar-refractivity contribution < 1.29 is 27.1 Å². The van der Waals surface area contributed by atoms with Crippen LogP contribution in [-0.2, 0) is 19.7 Å². The van der Waals surface area contributed by atoms with Crippen molar-refractivity contribution >= 4 is 33.5 Å². The van der Waals surface area contributed by atoms with Gasteiger partial charge in [0.05, 0.1) is 17.9 Å². The van der Waals surface area contributed by atoms with Gasteiger partial charge in [0.25, 0.3) is 0 Å². The minimum absolute atomic E-state index is 0.239. The number of esters is 1. The maximum atomic E-state index is 14.2. The number of amides is 1. The summed E-state index contributed by atoms with van der Waals surface area (Å²) in [5.74, 6) is -1.91. The molecule has 0 fully saturated rings. The second kappa shape index (κ2) is 10.9. The summed E-state index contributed by atoms with van der Waals surface area (Å²) in [5, 5.41) is 2.55. The molecule has 0 spiro atoms. The van der Waals surface area contributed by atoms with Crippen LogP contribution in [0.5, 0.6) is 0 Å². The third kappa shape index (κ3) is 6.50. The lowest BCUT2D eigenvalue weighted by atomic mass is 10.2. The van der Waals surface area contributed by atoms with E-state index in [2.05, 4.69) is 5.32 Å². The molecule has 0 radical (unpaired) electrons. The SMILES string of the molecule is CCCCOC(=O)c1ccc(NC(=O)CN(c2ccccc2F)S(=O)(=O)N(C)C)cc1. The van der Waals surface area contributed by atoms with Crippen LogP contribution >= 0.6 is 0 Å². The molecule has 0 aliphatic rings. The van der Waals surface area contributed by atoms with Gasteiger partial charge in [-0.2, -0.15) is 12.7 Å². The minimum atomic E-state index is -4.13. The summed E-state index contributed by atoms with van der Waals surface area (Å²) in [4.78, 5) is 24.5. The molecule has 31 heavy (non-hydrogen) atoms. The van der Waals surface area contributed by atoms with Crippen LogP contribution in [0, 0.1) is 5.82 Å². The van der Waals surface area contributed by atoms with Gasteiger partial charge < -0.3 is 10.1 Å². The van der Waals surface area contributed by atoms with Gasteiger partial charge in [-0.1, -0.05) is 25.5 Å². The summed E-state index contributed by atoms with van der Waals surface area (Å²) in [6.07, 6.45) is 1.68. The largest absolute Gasteiger partial charge is 0.462 e. The monoisotopic (exact) mass is 451 g/mol. The van der Waals surface area contributed by atoms with Crippen LogP contribution < -0.4 is 9.62 Å². The topological polar surface area (TPSA) is 96.0 Å². The first-order valence-electron chi connectivity index (χ1n) is 9.68. The van der Waals surface area contributed by atoms with Gasteiger partial charge in [-0.25, -0.2) is 13.5 Å². The number of carbonyl (C=O) groups excluding carboxylic acids is 2. The number of ether oxygens (including phenoxy) is 1. The summed E-state index contributed by atoms with van der Waals surface area (Å²) in [6.45, 7) is 1.69. The van der Waals surface area contributed by atoms with E-state index in [-0.39, 0.29) is 5.69 Å². The number of para-hydroxylation sites is 1. The number of anilines is 2. The summed E-state index contributed by atoms with van der Waals surface area (Å²) in [7, 11) is -1.54. The molecule has 168 valence electrons. The number of benzene rings is 2. The van der Waals surface area contributed by atoms with E-state index in [1.165, 1.54) is 56.6 Å². The van der Waals surface area contributed by atoms with Crippen molar-refractivity contribution in [3.05, 3.63) is 59.9 Å². The Hall–Kier alpha value is -2.98. The van der Waals surface area contributed by atoms with Crippen molar-refractivity contribution in [2.45, 2.75) is 19.8 Å². The van der Waals surface area contributed by atoms with E-state index >= 15 is 0 Å². The second-order valence-corrected chi connectivity index (χ2v) is 8.93. The zero-order chi connectivity index (χ0) is 23.0. The molecular formula is C21H26FN3O5S. The molecule has 0 saturated heterocycles. The van der Waals surface area contributed by atoms with Gasteiger partial charge in [-0.3, -0.25) is 4.79 Å². The third-order valence-electron chi connectivity index (χ3n) is 4.28. The predicted molar refractivity (Wildman–Crippen MR) is 117 cm³/mol. The molecule has 0 heterocycles. The first-order valence-corrected chi connectivity index (χ1v) is 11.1. The van der Waals surface area contributed by atoms with Crippen LogP contribution in [0.25, 0.3) is 0 Å². The van der Waals surface area contributed by atoms with E-state index in [9.17, 15) is 22.4 Å². The molecule has 10 heteroatoms. The number of carbonyl (C=O) groups is 2. The van der Waals surface area contributed by atoms with E-state index in [4.69, 9.17) is 4.74 Å². The summed E-state index contributed by atoms with van der Waals surface area (Å²) < 4.78 is 46.3. The molecule has 0 aromatic heterocycles. The Labute approximate surface area is 181 Å². The van der Waals surface area contributed by atoms with E-state index in [1.54, 1.807) is 0 Å². The van der Waals surface area contributed by atoms with E-state index in [1.807, 2.05) is 6.92 Å². The number of nitrogens with zero attached hydrogens (tertiary/aromatic N) is 2. The Morgan fingerprint density at radius 1 is 1.06 bits per heavy atom.